The van der Waals surface area contributed by atoms with Crippen molar-refractivity contribution in [2.75, 3.05) is 0 Å². The molecule has 1 atom stereocenters. The summed E-state index contributed by atoms with van der Waals surface area (Å²) in [6, 6.07) is 0. The van der Waals surface area contributed by atoms with Crippen LogP contribution in [-0.2, 0) is 28.0 Å². The molecule has 0 aliphatic heterocycles. The van der Waals surface area contributed by atoms with E-state index in [-0.39, 0.29) is 23.2 Å². The molecule has 2 aliphatic rings. The molecule has 0 fully saturated rings. The molecule has 0 aromatic heterocycles. The molecule has 2 aliphatic carbocycles. The van der Waals surface area contributed by atoms with E-state index in [9.17, 15) is 4.79 Å². The van der Waals surface area contributed by atoms with Gasteiger partial charge in [-0.25, -0.2) is 0 Å². The van der Waals surface area contributed by atoms with Gasteiger partial charge in [0.1, 0.15) is 0 Å². The van der Waals surface area contributed by atoms with Crippen LogP contribution in [0.15, 0.2) is 23.3 Å². The number of aldehydes is 1. The molecule has 2 rings (SSSR count). The van der Waals surface area contributed by atoms with E-state index in [0.29, 0.717) is 0 Å². The Morgan fingerprint density at radius 1 is 1.43 bits per heavy atom. The summed E-state index contributed by atoms with van der Waals surface area (Å²) in [6.45, 7) is 0. The monoisotopic (exact) mass is 266 g/mol. The van der Waals surface area contributed by atoms with Gasteiger partial charge < -0.3 is 0 Å². The molecule has 2 heteroatoms. The average molecular weight is 267 g/mol. The van der Waals surface area contributed by atoms with Gasteiger partial charge in [0, 0.05) is 0 Å². The van der Waals surface area contributed by atoms with Crippen LogP contribution in [0, 0.1) is 5.92 Å². The third-order valence-electron chi connectivity index (χ3n) is 3.12. The summed E-state index contributed by atoms with van der Waals surface area (Å²) in [5.74, 6) is 0.747. The summed E-state index contributed by atoms with van der Waals surface area (Å²) < 4.78 is 2.24. The van der Waals surface area contributed by atoms with Gasteiger partial charge in [-0.15, -0.1) is 0 Å². The first kappa shape index (κ1) is 10.5. The van der Waals surface area contributed by atoms with Crippen molar-refractivity contribution in [3.63, 3.8) is 0 Å². The van der Waals surface area contributed by atoms with Crippen LogP contribution >= 0.6 is 0 Å². The van der Waals surface area contributed by atoms with E-state index in [1.54, 1.807) is 11.1 Å². The van der Waals surface area contributed by atoms with E-state index in [4.69, 9.17) is 0 Å². The molecule has 0 saturated heterocycles. The van der Waals surface area contributed by atoms with E-state index in [0.717, 1.165) is 16.3 Å². The molecule has 0 N–H and O–H groups in total. The zero-order chi connectivity index (χ0) is 9.80. The third-order valence-corrected chi connectivity index (χ3v) is 6.03. The van der Waals surface area contributed by atoms with Crippen LogP contribution in [0.1, 0.15) is 25.7 Å². The van der Waals surface area contributed by atoms with Crippen LogP contribution in [-0.4, -0.2) is 6.29 Å². The number of carbonyl (C=O) groups excluding carboxylic acids is 1. The Balaban J connectivity index is 1.91. The van der Waals surface area contributed by atoms with Crippen molar-refractivity contribution < 1.29 is 28.0 Å². The van der Waals surface area contributed by atoms with Gasteiger partial charge >= 0.3 is 97.5 Å². The normalized spacial score (nSPS) is 25.0. The fraction of sp³-hybridized carbons (Fsp3) is 0.583. The second-order valence-electron chi connectivity index (χ2n) is 4.05. The van der Waals surface area contributed by atoms with Gasteiger partial charge in [-0.05, 0) is 0 Å². The summed E-state index contributed by atoms with van der Waals surface area (Å²) in [7, 11) is 0. The van der Waals surface area contributed by atoms with Crippen molar-refractivity contribution in [1.29, 1.82) is 0 Å². The van der Waals surface area contributed by atoms with E-state index in [1.807, 2.05) is 0 Å². The van der Waals surface area contributed by atoms with Gasteiger partial charge in [-0.1, -0.05) is 0 Å². The Hall–Kier alpha value is 0.0331. The van der Waals surface area contributed by atoms with Crippen LogP contribution in [0.4, 0.5) is 0 Å². The molecule has 14 heavy (non-hydrogen) atoms. The number of rotatable bonds is 4. The molecule has 0 heterocycles. The molecule has 74 valence electrons. The maximum absolute atomic E-state index is 10.3. The van der Waals surface area contributed by atoms with Crippen LogP contribution in [0.5, 0.6) is 0 Å². The summed E-state index contributed by atoms with van der Waals surface area (Å²) in [4.78, 5) is 10.3. The summed E-state index contributed by atoms with van der Waals surface area (Å²) in [5, 5.41) is 0. The van der Waals surface area contributed by atoms with E-state index in [1.165, 1.54) is 29.8 Å². The summed E-state index contributed by atoms with van der Waals surface area (Å²) in [5.41, 5.74) is 3.36. The van der Waals surface area contributed by atoms with Gasteiger partial charge in [0.25, 0.3) is 0 Å². The third kappa shape index (κ3) is 2.34. The van der Waals surface area contributed by atoms with Crippen LogP contribution in [0.3, 0.4) is 0 Å². The molecule has 0 bridgehead atoms. The molecule has 0 radical (unpaired) electrons. The minimum absolute atomic E-state index is 0.381. The quantitative estimate of drug-likeness (QED) is 0.565. The fourth-order valence-electron chi connectivity index (χ4n) is 2.40. The average Bonchev–Trinajstić information content (AvgIpc) is 2.63. The molecule has 0 spiro atoms. The van der Waals surface area contributed by atoms with Crippen LogP contribution in [0.2, 0.25) is 8.26 Å². The van der Waals surface area contributed by atoms with E-state index < -0.39 is 0 Å². The van der Waals surface area contributed by atoms with Gasteiger partial charge in [-0.2, -0.15) is 0 Å². The Bertz CT molecular complexity index is 278. The van der Waals surface area contributed by atoms with Gasteiger partial charge in [-0.3, -0.25) is 0 Å². The summed E-state index contributed by atoms with van der Waals surface area (Å²) >= 11 is -0.381. The zero-order valence-corrected chi connectivity index (χ0v) is 10.9. The second kappa shape index (κ2) is 5.21. The second-order valence-corrected chi connectivity index (χ2v) is 7.28. The Morgan fingerprint density at radius 2 is 2.29 bits per heavy atom. The van der Waals surface area contributed by atoms with Crippen molar-refractivity contribution in [3.8, 4) is 0 Å². The summed E-state index contributed by atoms with van der Waals surface area (Å²) in [6.07, 6.45) is 11.2. The SMILES string of the molecule is O=C[CH2][Zr][CH2]C1C=CC2=C1CCCC2. The minimum atomic E-state index is -0.381. The fourth-order valence-corrected chi connectivity index (χ4v) is 4.81. The predicted octanol–water partition coefficient (Wildman–Crippen LogP) is 3.16. The molecule has 0 aromatic rings. The topological polar surface area (TPSA) is 17.1 Å². The Labute approximate surface area is 97.2 Å². The first-order valence-corrected chi connectivity index (χ1v) is 8.94. The molecule has 0 amide bonds. The number of allylic oxidation sites excluding steroid dienone is 4. The first-order valence-electron chi connectivity index (χ1n) is 5.46. The molecule has 1 unspecified atom stereocenters. The molecular formula is C12H16OZr. The number of carbonyl (C=O) groups is 1. The van der Waals surface area contributed by atoms with Crippen LogP contribution < -0.4 is 0 Å². The number of hydrogen-bond acceptors (Lipinski definition) is 1. The maximum atomic E-state index is 10.3. The first-order chi connectivity index (χ1) is 6.92. The predicted molar refractivity (Wildman–Crippen MR) is 53.8 cm³/mol. The van der Waals surface area contributed by atoms with Crippen molar-refractivity contribution >= 4 is 6.29 Å². The molecule has 1 nitrogen and oxygen atoms in total. The van der Waals surface area contributed by atoms with Crippen molar-refractivity contribution in [1.82, 2.24) is 0 Å². The standard InChI is InChI=1S/C10H13.C2H3O.Zr/c1-8-6-7-9-4-2-3-5-10(8)9;1-2-3;/h6-8H,1-5H2;2H,1H2;. The van der Waals surface area contributed by atoms with Gasteiger partial charge in [0.15, 0.2) is 0 Å². The van der Waals surface area contributed by atoms with E-state index in [2.05, 4.69) is 12.2 Å². The zero-order valence-electron chi connectivity index (χ0n) is 8.46. The van der Waals surface area contributed by atoms with E-state index >= 15 is 0 Å². The van der Waals surface area contributed by atoms with Crippen LogP contribution in [0.25, 0.3) is 0 Å². The molecule has 0 aromatic carbocycles. The molecule has 0 saturated carbocycles. The van der Waals surface area contributed by atoms with Crippen molar-refractivity contribution in [2.45, 2.75) is 33.9 Å². The Kier molecular flexibility index (Phi) is 3.92. The van der Waals surface area contributed by atoms with Crippen molar-refractivity contribution in [2.24, 2.45) is 5.92 Å². The van der Waals surface area contributed by atoms with Gasteiger partial charge in [0.05, 0.1) is 0 Å². The Morgan fingerprint density at radius 3 is 3.14 bits per heavy atom. The van der Waals surface area contributed by atoms with Crippen molar-refractivity contribution in [3.05, 3.63) is 23.3 Å². The molecular weight excluding hydrogens is 251 g/mol. The number of hydrogen-bond donors (Lipinski definition) is 0. The van der Waals surface area contributed by atoms with Gasteiger partial charge in [0.2, 0.25) is 0 Å².